The number of aromatic amines is 1. The van der Waals surface area contributed by atoms with Crippen LogP contribution in [0.5, 0.6) is 11.5 Å². The number of carbonyl (C=O) groups excluding carboxylic acids is 2. The SMILES string of the molecule is COc1ccc(CN2C(=O)CC(c3c[nH]c4ccc(OC)cc34)C2=O)cc1. The molecule has 1 aliphatic heterocycles. The van der Waals surface area contributed by atoms with Gasteiger partial charge >= 0.3 is 0 Å². The molecule has 0 aliphatic carbocycles. The van der Waals surface area contributed by atoms with E-state index in [1.165, 1.54) is 4.90 Å². The Balaban J connectivity index is 1.61. The molecule has 1 unspecified atom stereocenters. The van der Waals surface area contributed by atoms with Crippen molar-refractivity contribution >= 4 is 22.7 Å². The minimum Gasteiger partial charge on any atom is -0.497 e. The Morgan fingerprint density at radius 3 is 2.44 bits per heavy atom. The van der Waals surface area contributed by atoms with Crippen LogP contribution >= 0.6 is 0 Å². The monoisotopic (exact) mass is 364 g/mol. The predicted octanol–water partition coefficient (Wildman–Crippen LogP) is 3.23. The molecule has 27 heavy (non-hydrogen) atoms. The lowest BCUT2D eigenvalue weighted by Crippen LogP contribution is -2.29. The fourth-order valence-electron chi connectivity index (χ4n) is 3.54. The molecule has 0 spiro atoms. The molecule has 2 aromatic carbocycles. The highest BCUT2D eigenvalue weighted by atomic mass is 16.5. The van der Waals surface area contributed by atoms with Crippen molar-refractivity contribution in [3.63, 3.8) is 0 Å². The molecule has 1 saturated heterocycles. The molecule has 1 atom stereocenters. The molecule has 0 radical (unpaired) electrons. The van der Waals surface area contributed by atoms with Crippen molar-refractivity contribution in [2.24, 2.45) is 0 Å². The van der Waals surface area contributed by atoms with Gasteiger partial charge in [0.05, 0.1) is 26.7 Å². The summed E-state index contributed by atoms with van der Waals surface area (Å²) in [5.41, 5.74) is 2.64. The highest BCUT2D eigenvalue weighted by Crippen LogP contribution is 2.36. The lowest BCUT2D eigenvalue weighted by molar-refractivity contribution is -0.139. The Kier molecular flexibility index (Phi) is 4.32. The summed E-state index contributed by atoms with van der Waals surface area (Å²) in [5, 5.41) is 0.909. The molecule has 2 amide bonds. The van der Waals surface area contributed by atoms with E-state index in [0.717, 1.165) is 33.5 Å². The number of hydrogen-bond acceptors (Lipinski definition) is 4. The van der Waals surface area contributed by atoms with Crippen LogP contribution in [0.1, 0.15) is 23.5 Å². The number of nitrogens with one attached hydrogen (secondary N) is 1. The van der Waals surface area contributed by atoms with Crippen LogP contribution in [0.25, 0.3) is 10.9 Å². The summed E-state index contributed by atoms with van der Waals surface area (Å²) in [5.74, 6) is 0.660. The molecule has 138 valence electrons. The second-order valence-electron chi connectivity index (χ2n) is 6.58. The zero-order valence-electron chi connectivity index (χ0n) is 15.2. The first kappa shape index (κ1) is 17.1. The maximum atomic E-state index is 13.0. The Labute approximate surface area is 156 Å². The van der Waals surface area contributed by atoms with Gasteiger partial charge in [0, 0.05) is 23.5 Å². The summed E-state index contributed by atoms with van der Waals surface area (Å²) >= 11 is 0. The van der Waals surface area contributed by atoms with Crippen LogP contribution in [0.15, 0.2) is 48.7 Å². The van der Waals surface area contributed by atoms with Crippen LogP contribution in [0.2, 0.25) is 0 Å². The van der Waals surface area contributed by atoms with Gasteiger partial charge < -0.3 is 14.5 Å². The van der Waals surface area contributed by atoms with Crippen molar-refractivity contribution in [3.8, 4) is 11.5 Å². The van der Waals surface area contributed by atoms with Crippen molar-refractivity contribution in [2.45, 2.75) is 18.9 Å². The number of imide groups is 1. The summed E-state index contributed by atoms with van der Waals surface area (Å²) in [7, 11) is 3.21. The van der Waals surface area contributed by atoms with Gasteiger partial charge in [-0.15, -0.1) is 0 Å². The van der Waals surface area contributed by atoms with E-state index in [0.29, 0.717) is 0 Å². The maximum absolute atomic E-state index is 13.0. The topological polar surface area (TPSA) is 71.6 Å². The number of H-pyrrole nitrogens is 1. The molecule has 6 nitrogen and oxygen atoms in total. The summed E-state index contributed by atoms with van der Waals surface area (Å²) in [4.78, 5) is 30.0. The number of ether oxygens (including phenoxy) is 2. The summed E-state index contributed by atoms with van der Waals surface area (Å²) < 4.78 is 10.4. The number of nitrogens with zero attached hydrogens (tertiary/aromatic N) is 1. The van der Waals surface area contributed by atoms with Gasteiger partial charge in [-0.2, -0.15) is 0 Å². The molecular weight excluding hydrogens is 344 g/mol. The van der Waals surface area contributed by atoms with Crippen LogP contribution in [0, 0.1) is 0 Å². The molecule has 1 aromatic heterocycles. The molecular formula is C21H20N2O4. The van der Waals surface area contributed by atoms with E-state index in [-0.39, 0.29) is 24.8 Å². The summed E-state index contributed by atoms with van der Waals surface area (Å²) in [6.07, 6.45) is 2.00. The number of rotatable bonds is 5. The predicted molar refractivity (Wildman–Crippen MR) is 101 cm³/mol. The normalized spacial score (nSPS) is 17.0. The lowest BCUT2D eigenvalue weighted by atomic mass is 9.97. The number of amides is 2. The number of benzene rings is 2. The number of likely N-dealkylation sites (tertiary alicyclic amines) is 1. The Morgan fingerprint density at radius 1 is 1.04 bits per heavy atom. The zero-order chi connectivity index (χ0) is 19.0. The minimum atomic E-state index is -0.475. The van der Waals surface area contributed by atoms with Crippen molar-refractivity contribution < 1.29 is 19.1 Å². The molecule has 1 aliphatic rings. The average Bonchev–Trinajstić information content (AvgIpc) is 3.23. The second kappa shape index (κ2) is 6.79. The van der Waals surface area contributed by atoms with E-state index in [9.17, 15) is 9.59 Å². The van der Waals surface area contributed by atoms with E-state index in [1.807, 2.05) is 48.7 Å². The van der Waals surface area contributed by atoms with Gasteiger partial charge in [0.15, 0.2) is 0 Å². The van der Waals surface area contributed by atoms with Crippen molar-refractivity contribution in [3.05, 3.63) is 59.8 Å². The molecule has 1 fully saturated rings. The van der Waals surface area contributed by atoms with E-state index in [2.05, 4.69) is 4.98 Å². The summed E-state index contributed by atoms with van der Waals surface area (Å²) in [6, 6.07) is 13.0. The van der Waals surface area contributed by atoms with Crippen LogP contribution in [-0.2, 0) is 16.1 Å². The Morgan fingerprint density at radius 2 is 1.74 bits per heavy atom. The van der Waals surface area contributed by atoms with E-state index in [1.54, 1.807) is 14.2 Å². The number of fused-ring (bicyclic) bond motifs is 1. The third kappa shape index (κ3) is 3.03. The first-order valence-corrected chi connectivity index (χ1v) is 8.73. The smallest absolute Gasteiger partial charge is 0.237 e. The Bertz CT molecular complexity index is 1010. The third-order valence-corrected chi connectivity index (χ3v) is 5.04. The van der Waals surface area contributed by atoms with Gasteiger partial charge in [-0.3, -0.25) is 14.5 Å². The first-order chi connectivity index (χ1) is 13.1. The number of methoxy groups -OCH3 is 2. The van der Waals surface area contributed by atoms with Crippen LogP contribution < -0.4 is 9.47 Å². The molecule has 1 N–H and O–H groups in total. The number of carbonyl (C=O) groups is 2. The minimum absolute atomic E-state index is 0.155. The van der Waals surface area contributed by atoms with Crippen LogP contribution in [0.3, 0.4) is 0 Å². The standard InChI is InChI=1S/C21H20N2O4/c1-26-14-5-3-13(4-6-14)12-23-20(24)10-17(21(23)25)18-11-22-19-8-7-15(27-2)9-16(18)19/h3-9,11,17,22H,10,12H2,1-2H3. The molecule has 2 heterocycles. The lowest BCUT2D eigenvalue weighted by Gasteiger charge is -2.15. The van der Waals surface area contributed by atoms with Crippen molar-refractivity contribution in [2.75, 3.05) is 14.2 Å². The van der Waals surface area contributed by atoms with Gasteiger partial charge in [0.2, 0.25) is 11.8 Å². The number of aromatic nitrogens is 1. The van der Waals surface area contributed by atoms with Crippen LogP contribution in [0.4, 0.5) is 0 Å². The Hall–Kier alpha value is -3.28. The zero-order valence-corrected chi connectivity index (χ0v) is 15.2. The fourth-order valence-corrected chi connectivity index (χ4v) is 3.54. The van der Waals surface area contributed by atoms with E-state index >= 15 is 0 Å². The molecule has 0 bridgehead atoms. The molecule has 4 rings (SSSR count). The van der Waals surface area contributed by atoms with Gasteiger partial charge in [-0.05, 0) is 41.5 Å². The molecule has 6 heteroatoms. The van der Waals surface area contributed by atoms with E-state index < -0.39 is 5.92 Å². The van der Waals surface area contributed by atoms with E-state index in [4.69, 9.17) is 9.47 Å². The number of hydrogen-bond donors (Lipinski definition) is 1. The molecule has 0 saturated carbocycles. The highest BCUT2D eigenvalue weighted by molar-refractivity contribution is 6.08. The first-order valence-electron chi connectivity index (χ1n) is 8.73. The summed E-state index contributed by atoms with van der Waals surface area (Å²) in [6.45, 7) is 0.268. The second-order valence-corrected chi connectivity index (χ2v) is 6.58. The third-order valence-electron chi connectivity index (χ3n) is 5.04. The van der Waals surface area contributed by atoms with Crippen molar-refractivity contribution in [1.29, 1.82) is 0 Å². The maximum Gasteiger partial charge on any atom is 0.237 e. The van der Waals surface area contributed by atoms with Crippen LogP contribution in [-0.4, -0.2) is 35.9 Å². The quantitative estimate of drug-likeness (QED) is 0.706. The molecule has 3 aromatic rings. The van der Waals surface area contributed by atoms with Gasteiger partial charge in [0.25, 0.3) is 0 Å². The van der Waals surface area contributed by atoms with Gasteiger partial charge in [-0.1, -0.05) is 12.1 Å². The largest absolute Gasteiger partial charge is 0.497 e. The average molecular weight is 364 g/mol. The van der Waals surface area contributed by atoms with Crippen molar-refractivity contribution in [1.82, 2.24) is 9.88 Å². The highest BCUT2D eigenvalue weighted by Gasteiger charge is 2.40. The van der Waals surface area contributed by atoms with Gasteiger partial charge in [0.1, 0.15) is 11.5 Å². The fraction of sp³-hybridized carbons (Fsp3) is 0.238. The van der Waals surface area contributed by atoms with Gasteiger partial charge in [-0.25, -0.2) is 0 Å².